The number of hydrogen-bond donors (Lipinski definition) is 2. The number of pyridine rings is 1. The Hall–Kier alpha value is -9.77. The van der Waals surface area contributed by atoms with Crippen LogP contribution in [0.4, 0.5) is 47.3 Å². The van der Waals surface area contributed by atoms with Crippen molar-refractivity contribution >= 4 is 47.1 Å². The number of nitrogens with one attached hydrogen (secondary N) is 2. The second-order valence-electron chi connectivity index (χ2n) is 18.5. The number of carbonyl (C=O) groups is 6. The lowest BCUT2D eigenvalue weighted by Gasteiger charge is -2.34. The minimum absolute atomic E-state index is 0.0379. The van der Waals surface area contributed by atoms with Crippen LogP contribution >= 0.6 is 0 Å². The molecule has 79 heavy (non-hydrogen) atoms. The summed E-state index contributed by atoms with van der Waals surface area (Å²) in [6.07, 6.45) is -6.82. The van der Waals surface area contributed by atoms with Crippen molar-refractivity contribution in [1.82, 2.24) is 30.3 Å². The third-order valence-electron chi connectivity index (χ3n) is 13.6. The summed E-state index contributed by atoms with van der Waals surface area (Å²) >= 11 is 0. The molecule has 7 amide bonds. The maximum absolute atomic E-state index is 14.5. The van der Waals surface area contributed by atoms with Crippen molar-refractivity contribution in [2.75, 3.05) is 55.7 Å². The molecule has 2 atom stereocenters. The number of alkyl halides is 6. The highest BCUT2D eigenvalue weighted by Gasteiger charge is 2.47. The average Bonchev–Trinajstić information content (AvgIpc) is 4.13. The van der Waals surface area contributed by atoms with E-state index in [0.29, 0.717) is 22.3 Å². The molecule has 0 saturated heterocycles. The monoisotopic (exact) mass is 1080 g/mol. The zero-order valence-electron chi connectivity index (χ0n) is 41.5. The molecule has 17 nitrogen and oxygen atoms in total. The molecule has 0 bridgehead atoms. The van der Waals surface area contributed by atoms with Crippen molar-refractivity contribution in [2.24, 2.45) is 0 Å². The van der Waals surface area contributed by atoms with Gasteiger partial charge in [0.2, 0.25) is 0 Å². The van der Waals surface area contributed by atoms with Gasteiger partial charge in [-0.25, -0.2) is 14.4 Å². The Kier molecular flexibility index (Phi) is 15.1. The first-order valence-corrected chi connectivity index (χ1v) is 24.4. The summed E-state index contributed by atoms with van der Waals surface area (Å²) in [6, 6.07) is 23.3. The molecular weight excluding hydrogens is 1040 g/mol. The van der Waals surface area contributed by atoms with E-state index in [-0.39, 0.29) is 104 Å². The van der Waals surface area contributed by atoms with Crippen LogP contribution in [0.1, 0.15) is 79.2 Å². The highest BCUT2D eigenvalue weighted by atomic mass is 19.4. The second kappa shape index (κ2) is 22.1. The SMILES string of the molecule is C=CCOC(=O)c1ccc(C(=O)N(CCCN2CC3=C(C2=O)[C@@H](c2ccc(C#N)cc2)NC(=O)N3c2cccc(C(F)(F)F)c2)CCCN2CC3=C(C2=O)[C@@H](c2ccc(C#N)cc2)NC(=O)N3c2cccc(C(F)(F)F)c2)nc1. The lowest BCUT2D eigenvalue weighted by Crippen LogP contribution is -2.47. The predicted molar refractivity (Wildman–Crippen MR) is 270 cm³/mol. The van der Waals surface area contributed by atoms with Crippen LogP contribution in [0.25, 0.3) is 0 Å². The number of hydrogen-bond acceptors (Lipinski definition) is 10. The number of halogens is 6. The molecule has 4 aliphatic rings. The van der Waals surface area contributed by atoms with E-state index < -0.39 is 71.3 Å². The van der Waals surface area contributed by atoms with Crippen LogP contribution in [0, 0.1) is 22.7 Å². The van der Waals surface area contributed by atoms with E-state index in [4.69, 9.17) is 4.74 Å². The normalized spacial score (nSPS) is 17.2. The number of nitrogens with zero attached hydrogens (tertiary/aromatic N) is 8. The van der Waals surface area contributed by atoms with Crippen molar-refractivity contribution in [3.63, 3.8) is 0 Å². The van der Waals surface area contributed by atoms with Gasteiger partial charge >= 0.3 is 30.4 Å². The van der Waals surface area contributed by atoms with E-state index in [0.717, 1.165) is 52.4 Å². The number of amides is 7. The first kappa shape index (κ1) is 54.0. The van der Waals surface area contributed by atoms with Gasteiger partial charge in [-0.3, -0.25) is 29.2 Å². The number of urea groups is 2. The Labute approximate surface area is 446 Å². The Bertz CT molecular complexity index is 3250. The van der Waals surface area contributed by atoms with E-state index >= 15 is 0 Å². The van der Waals surface area contributed by atoms with Gasteiger partial charge in [-0.15, -0.1) is 0 Å². The molecule has 0 saturated carbocycles. The number of anilines is 2. The fourth-order valence-electron chi connectivity index (χ4n) is 9.78. The van der Waals surface area contributed by atoms with Crippen molar-refractivity contribution in [3.8, 4) is 12.1 Å². The molecular formula is C56H44F6N10O7. The highest BCUT2D eigenvalue weighted by molar-refractivity contribution is 6.09. The lowest BCUT2D eigenvalue weighted by molar-refractivity contribution is -0.138. The molecule has 4 aromatic carbocycles. The Morgan fingerprint density at radius 2 is 1.14 bits per heavy atom. The molecule has 1 aromatic heterocycles. The van der Waals surface area contributed by atoms with Crippen LogP contribution in [0.15, 0.2) is 151 Å². The summed E-state index contributed by atoms with van der Waals surface area (Å²) in [6.45, 7) is 2.77. The summed E-state index contributed by atoms with van der Waals surface area (Å²) in [5.74, 6) is -2.47. The fourth-order valence-corrected chi connectivity index (χ4v) is 9.78. The van der Waals surface area contributed by atoms with E-state index in [1.165, 1.54) is 69.3 Å². The van der Waals surface area contributed by atoms with Gasteiger partial charge in [0.15, 0.2) is 0 Å². The summed E-state index contributed by atoms with van der Waals surface area (Å²) in [7, 11) is 0. The molecule has 5 aromatic rings. The largest absolute Gasteiger partial charge is 0.458 e. The van der Waals surface area contributed by atoms with Crippen molar-refractivity contribution < 1.29 is 59.8 Å². The highest BCUT2D eigenvalue weighted by Crippen LogP contribution is 2.42. The quantitative estimate of drug-likeness (QED) is 0.0546. The van der Waals surface area contributed by atoms with Crippen LogP contribution < -0.4 is 20.4 Å². The number of benzene rings is 4. The molecule has 4 aliphatic heterocycles. The fraction of sp³-hybridized carbons (Fsp3) is 0.232. The van der Waals surface area contributed by atoms with E-state index in [2.05, 4.69) is 22.2 Å². The van der Waals surface area contributed by atoms with Crippen LogP contribution in [0.5, 0.6) is 0 Å². The van der Waals surface area contributed by atoms with Gasteiger partial charge in [-0.1, -0.05) is 49.1 Å². The molecule has 0 radical (unpaired) electrons. The van der Waals surface area contributed by atoms with Gasteiger partial charge < -0.3 is 30.1 Å². The number of nitriles is 2. The Morgan fingerprint density at radius 1 is 0.684 bits per heavy atom. The van der Waals surface area contributed by atoms with Crippen LogP contribution in [-0.4, -0.2) is 101 Å². The summed E-state index contributed by atoms with van der Waals surface area (Å²) in [5, 5.41) is 24.3. The molecule has 402 valence electrons. The van der Waals surface area contributed by atoms with Gasteiger partial charge in [0.1, 0.15) is 12.3 Å². The Morgan fingerprint density at radius 3 is 1.53 bits per heavy atom. The molecule has 2 N–H and O–H groups in total. The van der Waals surface area contributed by atoms with Gasteiger partial charge in [-0.2, -0.15) is 36.9 Å². The van der Waals surface area contributed by atoms with E-state index in [9.17, 15) is 65.6 Å². The molecule has 0 fully saturated rings. The predicted octanol–water partition coefficient (Wildman–Crippen LogP) is 8.56. The first-order chi connectivity index (χ1) is 37.8. The minimum Gasteiger partial charge on any atom is -0.458 e. The van der Waals surface area contributed by atoms with Crippen molar-refractivity contribution in [1.29, 1.82) is 10.5 Å². The minimum atomic E-state index is -4.76. The number of esters is 1. The number of carbonyl (C=O) groups excluding carboxylic acids is 6. The van der Waals surface area contributed by atoms with Crippen molar-refractivity contribution in [3.05, 3.63) is 195 Å². The van der Waals surface area contributed by atoms with Crippen LogP contribution in [-0.2, 0) is 26.7 Å². The summed E-state index contributed by atoms with van der Waals surface area (Å²) < 4.78 is 88.8. The molecule has 0 unspecified atom stereocenters. The third-order valence-corrected chi connectivity index (χ3v) is 13.6. The maximum Gasteiger partial charge on any atom is 0.416 e. The van der Waals surface area contributed by atoms with Crippen LogP contribution in [0.2, 0.25) is 0 Å². The first-order valence-electron chi connectivity index (χ1n) is 24.4. The Balaban J connectivity index is 0.967. The number of aromatic nitrogens is 1. The summed E-state index contributed by atoms with van der Waals surface area (Å²) in [4.78, 5) is 94.3. The molecule has 5 heterocycles. The van der Waals surface area contributed by atoms with E-state index in [1.54, 1.807) is 24.3 Å². The zero-order valence-corrected chi connectivity index (χ0v) is 41.5. The average molecular weight is 1080 g/mol. The molecule has 9 rings (SSSR count). The lowest BCUT2D eigenvalue weighted by atomic mass is 9.94. The van der Waals surface area contributed by atoms with E-state index in [1.807, 2.05) is 12.1 Å². The standard InChI is InChI=1S/C56H44F6N10O7/c1-2-25-79-52(76)37-19-20-42(65-30-37)49(73)68(21-5-23-69-31-43-45(50(69)74)47(35-15-11-33(28-63)12-16-35)66-53(77)71(43)40-9-3-7-38(26-40)55(57,58)59)22-6-24-70-32-44-46(51(70)75)48(36-17-13-34(29-64)14-18-36)67-54(78)72(44)41-10-4-8-39(27-41)56(60,61)62/h2-4,7-20,26-27,30,47-48H,1,5-6,21-25,31-32H2,(H,66,77)(H,67,78)/t47-,48-/m1/s1. The summed E-state index contributed by atoms with van der Waals surface area (Å²) in [5.41, 5.74) is -0.609. The zero-order chi connectivity index (χ0) is 56.3. The molecule has 0 aliphatic carbocycles. The number of ether oxygens (including phenoxy) is 1. The van der Waals surface area contributed by atoms with Crippen molar-refractivity contribution in [2.45, 2.75) is 37.3 Å². The smallest absolute Gasteiger partial charge is 0.416 e. The second-order valence-corrected chi connectivity index (χ2v) is 18.5. The van der Waals surface area contributed by atoms with Gasteiger partial charge in [0.25, 0.3) is 17.7 Å². The number of rotatable bonds is 16. The molecule has 23 heteroatoms. The molecule has 0 spiro atoms. The topological polar surface area (TPSA) is 212 Å². The van der Waals surface area contributed by atoms with Gasteiger partial charge in [-0.05, 0) is 96.8 Å². The van der Waals surface area contributed by atoms with Gasteiger partial charge in [0, 0.05) is 32.4 Å². The van der Waals surface area contributed by atoms with Gasteiger partial charge in [0.05, 0.1) is 99.0 Å². The maximum atomic E-state index is 14.5. The van der Waals surface area contributed by atoms with Crippen LogP contribution in [0.3, 0.4) is 0 Å². The third kappa shape index (κ3) is 11.1.